The van der Waals surface area contributed by atoms with Crippen LogP contribution in [0.25, 0.3) is 0 Å². The van der Waals surface area contributed by atoms with Gasteiger partial charge in [0.15, 0.2) is 0 Å². The first-order valence-electron chi connectivity index (χ1n) is 6.45. The van der Waals surface area contributed by atoms with E-state index in [1.165, 1.54) is 10.0 Å². The highest BCUT2D eigenvalue weighted by Crippen LogP contribution is 2.24. The zero-order valence-electron chi connectivity index (χ0n) is 10.8. The monoisotopic (exact) mass is 312 g/mol. The van der Waals surface area contributed by atoms with Crippen LogP contribution >= 0.6 is 15.9 Å². The molecule has 0 radical (unpaired) electrons. The molecule has 0 spiro atoms. The van der Waals surface area contributed by atoms with Gasteiger partial charge in [0.05, 0.1) is 6.10 Å². The third-order valence-corrected chi connectivity index (χ3v) is 4.50. The second kappa shape index (κ2) is 6.66. The molecule has 1 heterocycles. The number of nitrogens with zero attached hydrogens (tertiary/aromatic N) is 1. The SMILES string of the molecule is COC1CCN(Cc2ccccc2Br)C(CN)C1. The first-order valence-corrected chi connectivity index (χ1v) is 7.24. The van der Waals surface area contributed by atoms with Crippen molar-refractivity contribution >= 4 is 15.9 Å². The first kappa shape index (κ1) is 14.0. The topological polar surface area (TPSA) is 38.5 Å². The Bertz CT molecular complexity index is 386. The quantitative estimate of drug-likeness (QED) is 0.927. The number of likely N-dealkylation sites (tertiary alicyclic amines) is 1. The summed E-state index contributed by atoms with van der Waals surface area (Å²) in [7, 11) is 1.79. The summed E-state index contributed by atoms with van der Waals surface area (Å²) < 4.78 is 6.63. The van der Waals surface area contributed by atoms with Crippen molar-refractivity contribution in [1.29, 1.82) is 0 Å². The summed E-state index contributed by atoms with van der Waals surface area (Å²) in [6.45, 7) is 2.71. The summed E-state index contributed by atoms with van der Waals surface area (Å²) in [4.78, 5) is 2.47. The lowest BCUT2D eigenvalue weighted by atomic mass is 9.98. The Labute approximate surface area is 117 Å². The highest BCUT2D eigenvalue weighted by Gasteiger charge is 2.27. The molecule has 1 aliphatic heterocycles. The summed E-state index contributed by atoms with van der Waals surface area (Å²) in [5, 5.41) is 0. The molecule has 2 atom stereocenters. The summed E-state index contributed by atoms with van der Waals surface area (Å²) in [6, 6.07) is 8.81. The van der Waals surface area contributed by atoms with Crippen LogP contribution in [0.2, 0.25) is 0 Å². The molecule has 4 heteroatoms. The van der Waals surface area contributed by atoms with Crippen molar-refractivity contribution < 1.29 is 4.74 Å². The molecule has 1 aromatic carbocycles. The third kappa shape index (κ3) is 3.32. The van der Waals surface area contributed by atoms with E-state index in [2.05, 4.69) is 39.0 Å². The molecule has 0 aromatic heterocycles. The molecule has 2 unspecified atom stereocenters. The Morgan fingerprint density at radius 3 is 2.89 bits per heavy atom. The molecule has 1 fully saturated rings. The van der Waals surface area contributed by atoms with Crippen LogP contribution in [0.15, 0.2) is 28.7 Å². The van der Waals surface area contributed by atoms with Gasteiger partial charge in [0.1, 0.15) is 0 Å². The van der Waals surface area contributed by atoms with E-state index >= 15 is 0 Å². The van der Waals surface area contributed by atoms with E-state index in [9.17, 15) is 0 Å². The van der Waals surface area contributed by atoms with E-state index in [-0.39, 0.29) is 0 Å². The summed E-state index contributed by atoms with van der Waals surface area (Å²) >= 11 is 3.61. The minimum atomic E-state index is 0.369. The highest BCUT2D eigenvalue weighted by molar-refractivity contribution is 9.10. The van der Waals surface area contributed by atoms with Gasteiger partial charge in [0.25, 0.3) is 0 Å². The van der Waals surface area contributed by atoms with Crippen LogP contribution in [0.4, 0.5) is 0 Å². The summed E-state index contributed by atoms with van der Waals surface area (Å²) in [6.07, 6.45) is 2.50. The van der Waals surface area contributed by atoms with Gasteiger partial charge in [-0.2, -0.15) is 0 Å². The van der Waals surface area contributed by atoms with Crippen molar-refractivity contribution in [2.24, 2.45) is 5.73 Å². The maximum atomic E-state index is 5.89. The van der Waals surface area contributed by atoms with Crippen LogP contribution in [-0.4, -0.2) is 37.2 Å². The molecule has 1 saturated heterocycles. The lowest BCUT2D eigenvalue weighted by Crippen LogP contribution is -2.48. The maximum Gasteiger partial charge on any atom is 0.0599 e. The number of piperidine rings is 1. The van der Waals surface area contributed by atoms with Gasteiger partial charge >= 0.3 is 0 Å². The van der Waals surface area contributed by atoms with Crippen molar-refractivity contribution in [3.05, 3.63) is 34.3 Å². The molecule has 0 amide bonds. The van der Waals surface area contributed by atoms with Gasteiger partial charge in [-0.25, -0.2) is 0 Å². The predicted molar refractivity (Wildman–Crippen MR) is 77.4 cm³/mol. The van der Waals surface area contributed by atoms with Gasteiger partial charge in [0.2, 0.25) is 0 Å². The summed E-state index contributed by atoms with van der Waals surface area (Å²) in [5.74, 6) is 0. The molecule has 3 nitrogen and oxygen atoms in total. The Kier molecular flexibility index (Phi) is 5.18. The fourth-order valence-electron chi connectivity index (χ4n) is 2.58. The summed E-state index contributed by atoms with van der Waals surface area (Å²) in [5.41, 5.74) is 7.22. The number of methoxy groups -OCH3 is 1. The third-order valence-electron chi connectivity index (χ3n) is 3.73. The molecule has 0 saturated carbocycles. The molecule has 2 rings (SSSR count). The van der Waals surface area contributed by atoms with Gasteiger partial charge in [-0.3, -0.25) is 4.90 Å². The molecule has 1 aliphatic rings. The zero-order valence-corrected chi connectivity index (χ0v) is 12.4. The number of hydrogen-bond acceptors (Lipinski definition) is 3. The standard InChI is InChI=1S/C14H21BrN2O/c1-18-13-6-7-17(12(8-13)9-16)10-11-4-2-3-5-14(11)15/h2-5,12-13H,6-10,16H2,1H3. The molecule has 0 bridgehead atoms. The van der Waals surface area contributed by atoms with Gasteiger partial charge < -0.3 is 10.5 Å². The number of halogens is 1. The molecule has 1 aromatic rings. The van der Waals surface area contributed by atoms with Crippen molar-refractivity contribution in [2.75, 3.05) is 20.2 Å². The highest BCUT2D eigenvalue weighted by atomic mass is 79.9. The van der Waals surface area contributed by atoms with Crippen LogP contribution in [0.5, 0.6) is 0 Å². The van der Waals surface area contributed by atoms with E-state index in [4.69, 9.17) is 10.5 Å². The minimum Gasteiger partial charge on any atom is -0.381 e. The van der Waals surface area contributed by atoms with Crippen LogP contribution in [0, 0.1) is 0 Å². The van der Waals surface area contributed by atoms with Crippen LogP contribution in [-0.2, 0) is 11.3 Å². The van der Waals surface area contributed by atoms with E-state index in [1.807, 2.05) is 6.07 Å². The average molecular weight is 313 g/mol. The van der Waals surface area contributed by atoms with E-state index in [1.54, 1.807) is 7.11 Å². The first-order chi connectivity index (χ1) is 8.74. The second-order valence-corrected chi connectivity index (χ2v) is 5.69. The number of nitrogens with two attached hydrogens (primary N) is 1. The average Bonchev–Trinajstić information content (AvgIpc) is 2.41. The largest absolute Gasteiger partial charge is 0.381 e. The van der Waals surface area contributed by atoms with E-state index in [0.29, 0.717) is 18.7 Å². The Morgan fingerprint density at radius 1 is 1.44 bits per heavy atom. The van der Waals surface area contributed by atoms with Gasteiger partial charge in [-0.15, -0.1) is 0 Å². The lowest BCUT2D eigenvalue weighted by Gasteiger charge is -2.38. The van der Waals surface area contributed by atoms with Crippen LogP contribution in [0.1, 0.15) is 18.4 Å². The molecular weight excluding hydrogens is 292 g/mol. The maximum absolute atomic E-state index is 5.89. The minimum absolute atomic E-state index is 0.369. The number of ether oxygens (including phenoxy) is 1. The normalized spacial score (nSPS) is 25.3. The van der Waals surface area contributed by atoms with Crippen LogP contribution in [0.3, 0.4) is 0 Å². The number of benzene rings is 1. The van der Waals surface area contributed by atoms with Crippen molar-refractivity contribution in [3.8, 4) is 0 Å². The molecule has 0 aliphatic carbocycles. The number of rotatable bonds is 4. The fourth-order valence-corrected chi connectivity index (χ4v) is 2.99. The van der Waals surface area contributed by atoms with Crippen molar-refractivity contribution in [3.63, 3.8) is 0 Å². The van der Waals surface area contributed by atoms with Crippen molar-refractivity contribution in [2.45, 2.75) is 31.5 Å². The van der Waals surface area contributed by atoms with Gasteiger partial charge in [-0.05, 0) is 24.5 Å². The van der Waals surface area contributed by atoms with E-state index in [0.717, 1.165) is 25.9 Å². The number of hydrogen-bond donors (Lipinski definition) is 1. The zero-order chi connectivity index (χ0) is 13.0. The lowest BCUT2D eigenvalue weighted by molar-refractivity contribution is 0.0101. The molecule has 18 heavy (non-hydrogen) atoms. The van der Waals surface area contributed by atoms with Gasteiger partial charge in [0, 0.05) is 37.3 Å². The second-order valence-electron chi connectivity index (χ2n) is 4.83. The smallest absolute Gasteiger partial charge is 0.0599 e. The van der Waals surface area contributed by atoms with Crippen LogP contribution < -0.4 is 5.73 Å². The Morgan fingerprint density at radius 2 is 2.22 bits per heavy atom. The molecular formula is C14H21BrN2O. The fraction of sp³-hybridized carbons (Fsp3) is 0.571. The Balaban J connectivity index is 2.02. The van der Waals surface area contributed by atoms with E-state index < -0.39 is 0 Å². The predicted octanol–water partition coefficient (Wildman–Crippen LogP) is 2.39. The molecule has 100 valence electrons. The van der Waals surface area contributed by atoms with Gasteiger partial charge in [-0.1, -0.05) is 34.1 Å². The Hall–Kier alpha value is -0.420. The molecule has 2 N–H and O–H groups in total. The van der Waals surface area contributed by atoms with Crippen molar-refractivity contribution in [1.82, 2.24) is 4.90 Å².